The first-order valence-corrected chi connectivity index (χ1v) is 11.3. The Kier molecular flexibility index (Phi) is 7.20. The first kappa shape index (κ1) is 26.5. The Labute approximate surface area is 214 Å². The zero-order valence-corrected chi connectivity index (χ0v) is 20.2. The summed E-state index contributed by atoms with van der Waals surface area (Å²) in [5, 5.41) is 5.18. The zero-order chi connectivity index (χ0) is 27.1. The summed E-state index contributed by atoms with van der Waals surface area (Å²) in [5.74, 6) is -2.26. The van der Waals surface area contributed by atoms with Gasteiger partial charge in [-0.1, -0.05) is 23.2 Å². The third-order valence-electron chi connectivity index (χ3n) is 5.48. The standard InChI is InChI=1S/C22H16Cl2F4N4O5/c1-36-15-8-14(25)16(7-11(15)19(33)29-9-3-2-4-9)37-17-12(23)5-10(6-13(17)24)32-21(35)30-20(34)18(31-32)22(26,27)28/h5-9H,2-4H2,1H3,(H,29,33)(H,30,34,35). The molecule has 3 aromatic rings. The number of aromatic amines is 1. The van der Waals surface area contributed by atoms with E-state index in [1.165, 1.54) is 12.1 Å². The maximum Gasteiger partial charge on any atom is 0.440 e. The highest BCUT2D eigenvalue weighted by Crippen LogP contribution is 2.40. The maximum absolute atomic E-state index is 14.7. The molecule has 0 aliphatic heterocycles. The molecule has 0 unspecified atom stereocenters. The number of methoxy groups -OCH3 is 1. The van der Waals surface area contributed by atoms with Gasteiger partial charge in [-0.3, -0.25) is 14.6 Å². The third-order valence-corrected chi connectivity index (χ3v) is 6.04. The molecule has 0 spiro atoms. The lowest BCUT2D eigenvalue weighted by molar-refractivity contribution is -0.143. The maximum atomic E-state index is 14.7. The lowest BCUT2D eigenvalue weighted by Gasteiger charge is -2.26. The number of halogens is 6. The van der Waals surface area contributed by atoms with Crippen LogP contribution in [-0.2, 0) is 6.18 Å². The van der Waals surface area contributed by atoms with Gasteiger partial charge in [-0.25, -0.2) is 9.18 Å². The van der Waals surface area contributed by atoms with Crippen molar-refractivity contribution in [2.24, 2.45) is 0 Å². The predicted molar refractivity (Wildman–Crippen MR) is 124 cm³/mol. The average Bonchev–Trinajstić information content (AvgIpc) is 2.78. The Morgan fingerprint density at radius 1 is 1.14 bits per heavy atom. The van der Waals surface area contributed by atoms with Gasteiger partial charge in [-0.15, -0.1) is 0 Å². The molecular formula is C22H16Cl2F4N4O5. The van der Waals surface area contributed by atoms with Crippen molar-refractivity contribution in [2.75, 3.05) is 7.11 Å². The van der Waals surface area contributed by atoms with Gasteiger partial charge in [-0.2, -0.15) is 23.0 Å². The Hall–Kier alpha value is -3.58. The Morgan fingerprint density at radius 3 is 2.32 bits per heavy atom. The second-order valence-electron chi connectivity index (χ2n) is 7.94. The number of nitrogens with zero attached hydrogens (tertiary/aromatic N) is 2. The third kappa shape index (κ3) is 5.42. The average molecular weight is 563 g/mol. The molecule has 0 saturated heterocycles. The molecule has 1 aliphatic rings. The molecule has 37 heavy (non-hydrogen) atoms. The van der Waals surface area contributed by atoms with Crippen molar-refractivity contribution in [2.45, 2.75) is 31.5 Å². The summed E-state index contributed by atoms with van der Waals surface area (Å²) < 4.78 is 64.8. The van der Waals surface area contributed by atoms with Crippen LogP contribution >= 0.6 is 23.2 Å². The molecule has 2 aromatic carbocycles. The van der Waals surface area contributed by atoms with Crippen LogP contribution in [0.1, 0.15) is 35.3 Å². The molecule has 196 valence electrons. The fourth-order valence-electron chi connectivity index (χ4n) is 3.41. The van der Waals surface area contributed by atoms with Crippen molar-refractivity contribution in [3.63, 3.8) is 0 Å². The van der Waals surface area contributed by atoms with E-state index in [0.29, 0.717) is 0 Å². The van der Waals surface area contributed by atoms with Crippen LogP contribution in [0, 0.1) is 5.82 Å². The van der Waals surface area contributed by atoms with Crippen LogP contribution in [-0.4, -0.2) is 33.8 Å². The smallest absolute Gasteiger partial charge is 0.440 e. The van der Waals surface area contributed by atoms with Gasteiger partial charge in [0, 0.05) is 18.2 Å². The summed E-state index contributed by atoms with van der Waals surface area (Å²) >= 11 is 12.4. The van der Waals surface area contributed by atoms with E-state index in [0.717, 1.165) is 43.5 Å². The van der Waals surface area contributed by atoms with Gasteiger partial charge in [-0.05, 0) is 31.4 Å². The molecule has 0 bridgehead atoms. The lowest BCUT2D eigenvalue weighted by atomic mass is 9.93. The summed E-state index contributed by atoms with van der Waals surface area (Å²) in [5.41, 5.74) is -5.24. The van der Waals surface area contributed by atoms with E-state index in [1.807, 2.05) is 0 Å². The first-order valence-electron chi connectivity index (χ1n) is 10.6. The predicted octanol–water partition coefficient (Wildman–Crippen LogP) is 4.47. The van der Waals surface area contributed by atoms with Crippen molar-refractivity contribution in [3.05, 3.63) is 72.2 Å². The number of rotatable bonds is 6. The van der Waals surface area contributed by atoms with E-state index in [-0.39, 0.29) is 43.5 Å². The topological polar surface area (TPSA) is 115 Å². The van der Waals surface area contributed by atoms with Gasteiger partial charge in [0.1, 0.15) is 5.75 Å². The van der Waals surface area contributed by atoms with Crippen LogP contribution in [0.3, 0.4) is 0 Å². The number of hydrogen-bond donors (Lipinski definition) is 2. The molecule has 1 aromatic heterocycles. The highest BCUT2D eigenvalue weighted by molar-refractivity contribution is 6.37. The fourth-order valence-corrected chi connectivity index (χ4v) is 3.96. The van der Waals surface area contributed by atoms with E-state index >= 15 is 0 Å². The van der Waals surface area contributed by atoms with Crippen LogP contribution in [0.15, 0.2) is 33.9 Å². The molecule has 1 heterocycles. The molecule has 1 fully saturated rings. The van der Waals surface area contributed by atoms with Gasteiger partial charge < -0.3 is 14.8 Å². The minimum atomic E-state index is -5.14. The molecule has 0 atom stereocenters. The summed E-state index contributed by atoms with van der Waals surface area (Å²) in [4.78, 5) is 37.8. The van der Waals surface area contributed by atoms with Gasteiger partial charge in [0.15, 0.2) is 17.3 Å². The van der Waals surface area contributed by atoms with E-state index in [4.69, 9.17) is 32.7 Å². The minimum Gasteiger partial charge on any atom is -0.496 e. The van der Waals surface area contributed by atoms with E-state index < -0.39 is 40.6 Å². The van der Waals surface area contributed by atoms with Crippen molar-refractivity contribution in [1.82, 2.24) is 20.1 Å². The van der Waals surface area contributed by atoms with E-state index in [1.54, 1.807) is 0 Å². The molecule has 1 aliphatic carbocycles. The van der Waals surface area contributed by atoms with Gasteiger partial charge in [0.25, 0.3) is 11.5 Å². The van der Waals surface area contributed by atoms with Gasteiger partial charge in [0.2, 0.25) is 5.69 Å². The van der Waals surface area contributed by atoms with Crippen molar-refractivity contribution < 1.29 is 31.8 Å². The highest BCUT2D eigenvalue weighted by Gasteiger charge is 2.37. The number of nitrogens with one attached hydrogen (secondary N) is 2. The Bertz CT molecular complexity index is 1480. The first-order chi connectivity index (χ1) is 17.4. The van der Waals surface area contributed by atoms with Gasteiger partial charge >= 0.3 is 11.9 Å². The van der Waals surface area contributed by atoms with Crippen LogP contribution in [0.25, 0.3) is 5.69 Å². The zero-order valence-electron chi connectivity index (χ0n) is 18.7. The van der Waals surface area contributed by atoms with E-state index in [2.05, 4.69) is 10.4 Å². The summed E-state index contributed by atoms with van der Waals surface area (Å²) in [6.07, 6.45) is -2.54. The van der Waals surface area contributed by atoms with E-state index in [9.17, 15) is 31.9 Å². The van der Waals surface area contributed by atoms with Crippen molar-refractivity contribution in [3.8, 4) is 22.9 Å². The van der Waals surface area contributed by atoms with Crippen LogP contribution in [0.5, 0.6) is 17.2 Å². The fraction of sp³-hybridized carbons (Fsp3) is 0.273. The summed E-state index contributed by atoms with van der Waals surface area (Å²) in [6.45, 7) is 0. The highest BCUT2D eigenvalue weighted by atomic mass is 35.5. The summed E-state index contributed by atoms with van der Waals surface area (Å²) in [6, 6.07) is 3.96. The molecule has 1 amide bonds. The second kappa shape index (κ2) is 10.1. The van der Waals surface area contributed by atoms with Crippen LogP contribution < -0.4 is 26.0 Å². The monoisotopic (exact) mass is 562 g/mol. The molecule has 2 N–H and O–H groups in total. The van der Waals surface area contributed by atoms with Crippen LogP contribution in [0.2, 0.25) is 10.0 Å². The molecular weight excluding hydrogens is 547 g/mol. The number of H-pyrrole nitrogens is 1. The number of carbonyl (C=O) groups excluding carboxylic acids is 1. The molecule has 4 rings (SSSR count). The second-order valence-corrected chi connectivity index (χ2v) is 8.76. The van der Waals surface area contributed by atoms with Crippen LogP contribution in [0.4, 0.5) is 17.6 Å². The molecule has 9 nitrogen and oxygen atoms in total. The lowest BCUT2D eigenvalue weighted by Crippen LogP contribution is -2.39. The number of benzene rings is 2. The van der Waals surface area contributed by atoms with Gasteiger partial charge in [0.05, 0.1) is 28.4 Å². The number of alkyl halides is 3. The Morgan fingerprint density at radius 2 is 1.78 bits per heavy atom. The Balaban J connectivity index is 1.71. The molecule has 0 radical (unpaired) electrons. The van der Waals surface area contributed by atoms with Crippen molar-refractivity contribution in [1.29, 1.82) is 0 Å². The molecule has 1 saturated carbocycles. The number of amides is 1. The number of hydrogen-bond acceptors (Lipinski definition) is 6. The number of aromatic nitrogens is 3. The minimum absolute atomic E-state index is 0.00846. The normalized spacial score (nSPS) is 13.7. The largest absolute Gasteiger partial charge is 0.496 e. The number of carbonyl (C=O) groups is 1. The quantitative estimate of drug-likeness (QED) is 0.428. The summed E-state index contributed by atoms with van der Waals surface area (Å²) in [7, 11) is 1.26. The SMILES string of the molecule is COc1cc(F)c(Oc2c(Cl)cc(-n3nc(C(F)(F)F)c(=O)[nH]c3=O)cc2Cl)cc1C(=O)NC1CCC1. The van der Waals surface area contributed by atoms with Crippen molar-refractivity contribution >= 4 is 29.1 Å². The molecule has 15 heteroatoms. The number of ether oxygens (including phenoxy) is 2.